The van der Waals surface area contributed by atoms with E-state index in [-0.39, 0.29) is 12.6 Å². The molecule has 116 valence electrons. The maximum atomic E-state index is 11.7. The summed E-state index contributed by atoms with van der Waals surface area (Å²) in [5.74, 6) is -0.779. The highest BCUT2D eigenvalue weighted by atomic mass is 16.5. The van der Waals surface area contributed by atoms with Crippen LogP contribution in [-0.2, 0) is 9.53 Å². The van der Waals surface area contributed by atoms with Crippen LogP contribution in [-0.4, -0.2) is 55.4 Å². The number of hydrogen-bond acceptors (Lipinski definition) is 3. The third-order valence-corrected chi connectivity index (χ3v) is 3.67. The molecule has 1 aliphatic rings. The van der Waals surface area contributed by atoms with Gasteiger partial charge < -0.3 is 20.1 Å². The van der Waals surface area contributed by atoms with Crippen LogP contribution in [0.15, 0.2) is 0 Å². The Morgan fingerprint density at radius 2 is 2.05 bits per heavy atom. The van der Waals surface area contributed by atoms with Gasteiger partial charge in [-0.05, 0) is 18.8 Å². The second-order valence-electron chi connectivity index (χ2n) is 5.58. The van der Waals surface area contributed by atoms with Crippen molar-refractivity contribution < 1.29 is 19.4 Å². The number of amides is 2. The van der Waals surface area contributed by atoms with E-state index in [1.165, 1.54) is 30.6 Å². The number of carbonyl (C=O) groups excluding carboxylic acids is 1. The molecule has 1 unspecified atom stereocenters. The molecule has 1 atom stereocenters. The predicted octanol–water partition coefficient (Wildman–Crippen LogP) is 1.56. The largest absolute Gasteiger partial charge is 0.481 e. The number of carboxylic acid groups (broad SMARTS) is 1. The lowest BCUT2D eigenvalue weighted by molar-refractivity contribution is -0.141. The molecule has 6 heteroatoms. The zero-order valence-corrected chi connectivity index (χ0v) is 12.4. The van der Waals surface area contributed by atoms with Gasteiger partial charge in [0.05, 0.1) is 12.5 Å². The van der Waals surface area contributed by atoms with E-state index in [0.717, 1.165) is 6.61 Å². The summed E-state index contributed by atoms with van der Waals surface area (Å²) in [7, 11) is 1.59. The molecule has 0 saturated heterocycles. The Bertz CT molecular complexity index is 316. The lowest BCUT2D eigenvalue weighted by atomic mass is 10.1. The summed E-state index contributed by atoms with van der Waals surface area (Å²) in [6, 6.07) is -0.262. The van der Waals surface area contributed by atoms with Crippen LogP contribution in [0.4, 0.5) is 4.79 Å². The fraction of sp³-hybridized carbons (Fsp3) is 0.857. The van der Waals surface area contributed by atoms with Crippen molar-refractivity contribution in [1.82, 2.24) is 10.2 Å². The number of carboxylic acids is 1. The third-order valence-electron chi connectivity index (χ3n) is 3.67. The highest BCUT2D eigenvalue weighted by molar-refractivity contribution is 5.75. The van der Waals surface area contributed by atoms with Crippen LogP contribution in [0, 0.1) is 11.8 Å². The Kier molecular flexibility index (Phi) is 7.36. The molecule has 6 nitrogen and oxygen atoms in total. The van der Waals surface area contributed by atoms with Crippen LogP contribution >= 0.6 is 0 Å². The van der Waals surface area contributed by atoms with E-state index in [1.54, 1.807) is 14.0 Å². The fourth-order valence-corrected chi connectivity index (χ4v) is 2.36. The van der Waals surface area contributed by atoms with Crippen molar-refractivity contribution in [1.29, 1.82) is 0 Å². The minimum Gasteiger partial charge on any atom is -0.481 e. The number of ether oxygens (including phenoxy) is 1. The van der Waals surface area contributed by atoms with E-state index >= 15 is 0 Å². The van der Waals surface area contributed by atoms with Gasteiger partial charge in [-0.15, -0.1) is 0 Å². The van der Waals surface area contributed by atoms with Gasteiger partial charge in [0.1, 0.15) is 0 Å². The lowest BCUT2D eigenvalue weighted by Crippen LogP contribution is -2.41. The quantitative estimate of drug-likeness (QED) is 0.664. The molecule has 0 aromatic rings. The van der Waals surface area contributed by atoms with Crippen molar-refractivity contribution in [3.05, 3.63) is 0 Å². The Morgan fingerprint density at radius 1 is 1.40 bits per heavy atom. The summed E-state index contributed by atoms with van der Waals surface area (Å²) in [5.41, 5.74) is 0. The van der Waals surface area contributed by atoms with Crippen molar-refractivity contribution in [2.24, 2.45) is 11.8 Å². The number of nitrogens with zero attached hydrogens (tertiary/aromatic N) is 1. The summed E-state index contributed by atoms with van der Waals surface area (Å²) in [6.45, 7) is 3.52. The van der Waals surface area contributed by atoms with E-state index in [9.17, 15) is 9.59 Å². The molecule has 2 N–H and O–H groups in total. The average molecular weight is 286 g/mol. The van der Waals surface area contributed by atoms with Crippen LogP contribution in [0.2, 0.25) is 0 Å². The molecule has 0 spiro atoms. The number of rotatable bonds is 8. The highest BCUT2D eigenvalue weighted by Crippen LogP contribution is 2.24. The molecular formula is C14H26N2O4. The maximum absolute atomic E-state index is 11.7. The monoisotopic (exact) mass is 286 g/mol. The number of nitrogens with one attached hydrogen (secondary N) is 1. The minimum absolute atomic E-state index is 0.199. The topological polar surface area (TPSA) is 78.9 Å². The molecule has 2 amide bonds. The van der Waals surface area contributed by atoms with Crippen LogP contribution in [0.5, 0.6) is 0 Å². The zero-order chi connectivity index (χ0) is 15.0. The first kappa shape index (κ1) is 16.8. The second-order valence-corrected chi connectivity index (χ2v) is 5.58. The van der Waals surface area contributed by atoms with Gasteiger partial charge >= 0.3 is 12.0 Å². The van der Waals surface area contributed by atoms with Gasteiger partial charge in [-0.2, -0.15) is 0 Å². The summed E-state index contributed by atoms with van der Waals surface area (Å²) in [6.07, 6.45) is 5.11. The number of urea groups is 1. The lowest BCUT2D eigenvalue weighted by Gasteiger charge is -2.20. The third kappa shape index (κ3) is 6.23. The first-order chi connectivity index (χ1) is 9.50. The fourth-order valence-electron chi connectivity index (χ4n) is 2.36. The van der Waals surface area contributed by atoms with Gasteiger partial charge in [-0.3, -0.25) is 4.79 Å². The molecule has 0 heterocycles. The van der Waals surface area contributed by atoms with E-state index in [0.29, 0.717) is 19.1 Å². The SMILES string of the molecule is CC(CN(C)C(=O)NCCOCC1CCCC1)C(=O)O. The molecule has 1 aliphatic carbocycles. The van der Waals surface area contributed by atoms with Gasteiger partial charge in [-0.1, -0.05) is 19.8 Å². The number of hydrogen-bond donors (Lipinski definition) is 2. The van der Waals surface area contributed by atoms with E-state index in [1.807, 2.05) is 0 Å². The van der Waals surface area contributed by atoms with Crippen molar-refractivity contribution in [3.8, 4) is 0 Å². The number of aliphatic carboxylic acids is 1. The van der Waals surface area contributed by atoms with Crippen molar-refractivity contribution in [2.45, 2.75) is 32.6 Å². The molecule has 1 saturated carbocycles. The van der Waals surface area contributed by atoms with Gasteiger partial charge in [0, 0.05) is 26.7 Å². The first-order valence-corrected chi connectivity index (χ1v) is 7.30. The maximum Gasteiger partial charge on any atom is 0.317 e. The molecule has 0 aliphatic heterocycles. The van der Waals surface area contributed by atoms with Gasteiger partial charge in [0.2, 0.25) is 0 Å². The number of carbonyl (C=O) groups is 2. The Labute approximate surface area is 120 Å². The molecule has 1 rings (SSSR count). The normalized spacial score (nSPS) is 16.9. The van der Waals surface area contributed by atoms with Gasteiger partial charge in [-0.25, -0.2) is 4.79 Å². The Balaban J connectivity index is 2.05. The summed E-state index contributed by atoms with van der Waals surface area (Å²) in [5, 5.41) is 11.5. The molecule has 0 aromatic carbocycles. The molecule has 0 bridgehead atoms. The van der Waals surface area contributed by atoms with E-state index < -0.39 is 11.9 Å². The van der Waals surface area contributed by atoms with Gasteiger partial charge in [0.25, 0.3) is 0 Å². The van der Waals surface area contributed by atoms with Gasteiger partial charge in [0.15, 0.2) is 0 Å². The standard InChI is InChI=1S/C14H26N2O4/c1-11(13(17)18)9-16(2)14(19)15-7-8-20-10-12-5-3-4-6-12/h11-12H,3-10H2,1-2H3,(H,15,19)(H,17,18). The first-order valence-electron chi connectivity index (χ1n) is 7.30. The van der Waals surface area contributed by atoms with Crippen molar-refractivity contribution in [3.63, 3.8) is 0 Å². The van der Waals surface area contributed by atoms with Crippen molar-refractivity contribution in [2.75, 3.05) is 33.4 Å². The minimum atomic E-state index is -0.899. The molecule has 20 heavy (non-hydrogen) atoms. The Hall–Kier alpha value is -1.30. The Morgan fingerprint density at radius 3 is 2.65 bits per heavy atom. The molecule has 0 aromatic heterocycles. The van der Waals surface area contributed by atoms with Crippen LogP contribution in [0.25, 0.3) is 0 Å². The molecule has 0 radical (unpaired) electrons. The van der Waals surface area contributed by atoms with Crippen LogP contribution < -0.4 is 5.32 Å². The van der Waals surface area contributed by atoms with Crippen LogP contribution in [0.3, 0.4) is 0 Å². The highest BCUT2D eigenvalue weighted by Gasteiger charge is 2.17. The average Bonchev–Trinajstić information content (AvgIpc) is 2.90. The summed E-state index contributed by atoms with van der Waals surface area (Å²) in [4.78, 5) is 23.8. The smallest absolute Gasteiger partial charge is 0.317 e. The summed E-state index contributed by atoms with van der Waals surface area (Å²) < 4.78 is 5.54. The predicted molar refractivity (Wildman–Crippen MR) is 75.6 cm³/mol. The van der Waals surface area contributed by atoms with Crippen molar-refractivity contribution >= 4 is 12.0 Å². The van der Waals surface area contributed by atoms with Crippen LogP contribution in [0.1, 0.15) is 32.6 Å². The zero-order valence-electron chi connectivity index (χ0n) is 12.4. The van der Waals surface area contributed by atoms with E-state index in [4.69, 9.17) is 9.84 Å². The second kappa shape index (κ2) is 8.79. The molecule has 1 fully saturated rings. The summed E-state index contributed by atoms with van der Waals surface area (Å²) >= 11 is 0. The van der Waals surface area contributed by atoms with E-state index in [2.05, 4.69) is 5.32 Å². The molecular weight excluding hydrogens is 260 g/mol.